The molecule has 108 valence electrons. The summed E-state index contributed by atoms with van der Waals surface area (Å²) in [4.78, 5) is 2.44. The third kappa shape index (κ3) is 2.73. The van der Waals surface area contributed by atoms with Crippen LogP contribution >= 0.6 is 11.8 Å². The summed E-state index contributed by atoms with van der Waals surface area (Å²) >= 11 is 2.06. The normalized spacial score (nSPS) is 19.2. The first-order valence-electron chi connectivity index (χ1n) is 7.21. The van der Waals surface area contributed by atoms with Crippen LogP contribution in [-0.2, 0) is 13.1 Å². The van der Waals surface area contributed by atoms with Gasteiger partial charge in [0.2, 0.25) is 0 Å². The standard InChI is InChI=1S/C16H22N2OS/c1-17-9-14-13-5-3-4-6-15(13)19-16(14)10-18(2)12-7-8-20-11-12/h3-6,12,17H,7-11H2,1-2H3. The molecule has 1 aromatic carbocycles. The van der Waals surface area contributed by atoms with Crippen molar-refractivity contribution in [3.8, 4) is 0 Å². The highest BCUT2D eigenvalue weighted by molar-refractivity contribution is 7.99. The zero-order valence-electron chi connectivity index (χ0n) is 12.2. The maximum Gasteiger partial charge on any atom is 0.134 e. The number of hydrogen-bond donors (Lipinski definition) is 1. The number of para-hydroxylation sites is 1. The Morgan fingerprint density at radius 2 is 2.25 bits per heavy atom. The van der Waals surface area contributed by atoms with Crippen molar-refractivity contribution in [3.63, 3.8) is 0 Å². The van der Waals surface area contributed by atoms with Gasteiger partial charge in [-0.15, -0.1) is 0 Å². The zero-order chi connectivity index (χ0) is 13.9. The molecule has 0 saturated carbocycles. The molecule has 0 radical (unpaired) electrons. The van der Waals surface area contributed by atoms with Crippen LogP contribution in [0.25, 0.3) is 11.0 Å². The van der Waals surface area contributed by atoms with Gasteiger partial charge >= 0.3 is 0 Å². The second-order valence-corrected chi connectivity index (χ2v) is 6.61. The Labute approximate surface area is 124 Å². The highest BCUT2D eigenvalue weighted by Crippen LogP contribution is 2.28. The van der Waals surface area contributed by atoms with Crippen LogP contribution in [-0.4, -0.2) is 36.5 Å². The first-order chi connectivity index (χ1) is 9.79. The average molecular weight is 290 g/mol. The van der Waals surface area contributed by atoms with E-state index in [4.69, 9.17) is 4.42 Å². The molecule has 1 saturated heterocycles. The highest BCUT2D eigenvalue weighted by Gasteiger charge is 2.22. The van der Waals surface area contributed by atoms with Crippen LogP contribution in [0.2, 0.25) is 0 Å². The van der Waals surface area contributed by atoms with Gasteiger partial charge in [-0.2, -0.15) is 11.8 Å². The lowest BCUT2D eigenvalue weighted by molar-refractivity contribution is 0.235. The Morgan fingerprint density at radius 1 is 1.40 bits per heavy atom. The third-order valence-corrected chi connectivity index (χ3v) is 5.20. The Kier molecular flexibility index (Phi) is 4.34. The molecule has 1 N–H and O–H groups in total. The van der Waals surface area contributed by atoms with Gasteiger partial charge in [-0.25, -0.2) is 0 Å². The predicted molar refractivity (Wildman–Crippen MR) is 86.2 cm³/mol. The Morgan fingerprint density at radius 3 is 3.00 bits per heavy atom. The summed E-state index contributed by atoms with van der Waals surface area (Å²) in [6, 6.07) is 9.02. The molecule has 3 rings (SSSR count). The monoisotopic (exact) mass is 290 g/mol. The number of nitrogens with one attached hydrogen (secondary N) is 1. The van der Waals surface area contributed by atoms with Crippen LogP contribution in [0.15, 0.2) is 28.7 Å². The molecular formula is C16H22N2OS. The van der Waals surface area contributed by atoms with Crippen LogP contribution in [0.4, 0.5) is 0 Å². The molecule has 1 atom stereocenters. The molecule has 0 amide bonds. The topological polar surface area (TPSA) is 28.4 Å². The summed E-state index contributed by atoms with van der Waals surface area (Å²) in [5.74, 6) is 3.65. The lowest BCUT2D eigenvalue weighted by Gasteiger charge is -2.22. The van der Waals surface area contributed by atoms with E-state index in [0.717, 1.165) is 24.4 Å². The largest absolute Gasteiger partial charge is 0.459 e. The Balaban J connectivity index is 1.87. The second kappa shape index (κ2) is 6.20. The average Bonchev–Trinajstić information content (AvgIpc) is 3.08. The van der Waals surface area contributed by atoms with Gasteiger partial charge in [0.05, 0.1) is 6.54 Å². The molecule has 20 heavy (non-hydrogen) atoms. The fraction of sp³-hybridized carbons (Fsp3) is 0.500. The molecule has 0 spiro atoms. The van der Waals surface area contributed by atoms with E-state index in [1.165, 1.54) is 28.9 Å². The Bertz CT molecular complexity index is 575. The quantitative estimate of drug-likeness (QED) is 0.916. The van der Waals surface area contributed by atoms with Crippen molar-refractivity contribution in [1.82, 2.24) is 10.2 Å². The Hall–Kier alpha value is -0.970. The van der Waals surface area contributed by atoms with Crippen molar-refractivity contribution < 1.29 is 4.42 Å². The van der Waals surface area contributed by atoms with Gasteiger partial charge in [0.1, 0.15) is 11.3 Å². The SMILES string of the molecule is CNCc1c(CN(C)C2CCSC2)oc2ccccc12. The van der Waals surface area contributed by atoms with Gasteiger partial charge in [0.15, 0.2) is 0 Å². The predicted octanol–water partition coefficient (Wildman–Crippen LogP) is 3.09. The fourth-order valence-corrected chi connectivity index (χ4v) is 4.17. The van der Waals surface area contributed by atoms with Gasteiger partial charge < -0.3 is 9.73 Å². The molecule has 1 fully saturated rings. The summed E-state index contributed by atoms with van der Waals surface area (Å²) < 4.78 is 6.09. The van der Waals surface area contributed by atoms with Gasteiger partial charge in [0.25, 0.3) is 0 Å². The van der Waals surface area contributed by atoms with E-state index in [-0.39, 0.29) is 0 Å². The molecule has 1 aromatic heterocycles. The fourth-order valence-electron chi connectivity index (χ4n) is 2.87. The maximum atomic E-state index is 6.09. The summed E-state index contributed by atoms with van der Waals surface area (Å²) in [7, 11) is 4.20. The lowest BCUT2D eigenvalue weighted by Crippen LogP contribution is -2.31. The number of furan rings is 1. The van der Waals surface area contributed by atoms with Crippen LogP contribution in [0.5, 0.6) is 0 Å². The molecule has 0 aliphatic carbocycles. The second-order valence-electron chi connectivity index (χ2n) is 5.46. The van der Waals surface area contributed by atoms with Crippen LogP contribution < -0.4 is 5.32 Å². The van der Waals surface area contributed by atoms with Crippen LogP contribution in [0.3, 0.4) is 0 Å². The van der Waals surface area contributed by atoms with E-state index in [1.54, 1.807) is 0 Å². The summed E-state index contributed by atoms with van der Waals surface area (Å²) in [5.41, 5.74) is 2.31. The lowest BCUT2D eigenvalue weighted by atomic mass is 10.1. The molecule has 0 bridgehead atoms. The van der Waals surface area contributed by atoms with Crippen molar-refractivity contribution in [2.75, 3.05) is 25.6 Å². The van der Waals surface area contributed by atoms with E-state index >= 15 is 0 Å². The molecule has 1 unspecified atom stereocenters. The summed E-state index contributed by atoms with van der Waals surface area (Å²) in [6.07, 6.45) is 1.29. The van der Waals surface area contributed by atoms with Crippen molar-refractivity contribution >= 4 is 22.7 Å². The number of hydrogen-bond acceptors (Lipinski definition) is 4. The molecular weight excluding hydrogens is 268 g/mol. The van der Waals surface area contributed by atoms with Gasteiger partial charge in [-0.05, 0) is 32.3 Å². The van der Waals surface area contributed by atoms with E-state index in [2.05, 4.69) is 47.2 Å². The van der Waals surface area contributed by atoms with Crippen molar-refractivity contribution in [1.29, 1.82) is 0 Å². The van der Waals surface area contributed by atoms with Gasteiger partial charge in [0, 0.05) is 29.3 Å². The number of rotatable bonds is 5. The van der Waals surface area contributed by atoms with Crippen LogP contribution in [0.1, 0.15) is 17.7 Å². The van der Waals surface area contributed by atoms with Gasteiger partial charge in [-0.3, -0.25) is 4.90 Å². The number of fused-ring (bicyclic) bond motifs is 1. The first kappa shape index (κ1) is 14.0. The summed E-state index contributed by atoms with van der Waals surface area (Å²) in [6.45, 7) is 1.76. The smallest absolute Gasteiger partial charge is 0.134 e. The molecule has 1 aliphatic rings. The molecule has 2 aromatic rings. The molecule has 4 heteroatoms. The van der Waals surface area contributed by atoms with E-state index in [0.29, 0.717) is 6.04 Å². The molecule has 1 aliphatic heterocycles. The zero-order valence-corrected chi connectivity index (χ0v) is 13.0. The third-order valence-electron chi connectivity index (χ3n) is 4.06. The van der Waals surface area contributed by atoms with Gasteiger partial charge in [-0.1, -0.05) is 18.2 Å². The maximum absolute atomic E-state index is 6.09. The molecule has 2 heterocycles. The van der Waals surface area contributed by atoms with Crippen molar-refractivity contribution in [2.24, 2.45) is 0 Å². The highest BCUT2D eigenvalue weighted by atomic mass is 32.2. The number of nitrogens with zero attached hydrogens (tertiary/aromatic N) is 1. The van der Waals surface area contributed by atoms with E-state index in [1.807, 2.05) is 13.1 Å². The first-order valence-corrected chi connectivity index (χ1v) is 8.37. The number of benzene rings is 1. The van der Waals surface area contributed by atoms with Crippen molar-refractivity contribution in [2.45, 2.75) is 25.6 Å². The van der Waals surface area contributed by atoms with Crippen molar-refractivity contribution in [3.05, 3.63) is 35.6 Å². The van der Waals surface area contributed by atoms with E-state index < -0.39 is 0 Å². The molecule has 3 nitrogen and oxygen atoms in total. The van der Waals surface area contributed by atoms with E-state index in [9.17, 15) is 0 Å². The number of thioether (sulfide) groups is 1. The minimum absolute atomic E-state index is 0.690. The minimum Gasteiger partial charge on any atom is -0.459 e. The van der Waals surface area contributed by atoms with Crippen LogP contribution in [0, 0.1) is 0 Å². The summed E-state index contributed by atoms with van der Waals surface area (Å²) in [5, 5.41) is 4.50. The minimum atomic E-state index is 0.690.